The maximum Gasteiger partial charge on any atom is 0.355 e. The van der Waals surface area contributed by atoms with Crippen LogP contribution in [0.4, 0.5) is 4.39 Å². The summed E-state index contributed by atoms with van der Waals surface area (Å²) in [6.07, 6.45) is 1.31. The van der Waals surface area contributed by atoms with Crippen molar-refractivity contribution in [2.45, 2.75) is 52.1 Å². The summed E-state index contributed by atoms with van der Waals surface area (Å²) in [7, 11) is 0. The van der Waals surface area contributed by atoms with Gasteiger partial charge in [-0.2, -0.15) is 0 Å². The van der Waals surface area contributed by atoms with Gasteiger partial charge in [0.05, 0.1) is 13.2 Å². The lowest BCUT2D eigenvalue weighted by molar-refractivity contribution is -0.175. The predicted molar refractivity (Wildman–Crippen MR) is 61.2 cm³/mol. The van der Waals surface area contributed by atoms with Crippen molar-refractivity contribution in [3.63, 3.8) is 0 Å². The number of hydrogen-bond donors (Lipinski definition) is 0. The number of carbonyl (C=O) groups excluding carboxylic acids is 2. The Bertz CT molecular complexity index is 233. The molecule has 17 heavy (non-hydrogen) atoms. The van der Waals surface area contributed by atoms with Crippen LogP contribution < -0.4 is 0 Å². The zero-order valence-electron chi connectivity index (χ0n) is 10.8. The summed E-state index contributed by atoms with van der Waals surface area (Å²) in [4.78, 5) is 23.0. The molecule has 4 nitrogen and oxygen atoms in total. The molecule has 0 aliphatic carbocycles. The summed E-state index contributed by atoms with van der Waals surface area (Å²) in [6.45, 7) is 5.49. The Morgan fingerprint density at radius 1 is 0.941 bits per heavy atom. The SMILES string of the molecule is CCCOC(=O)C(F)(CCC)C(=O)OCCC. The average molecular weight is 248 g/mol. The van der Waals surface area contributed by atoms with Crippen molar-refractivity contribution >= 4 is 11.9 Å². The minimum Gasteiger partial charge on any atom is -0.463 e. The largest absolute Gasteiger partial charge is 0.463 e. The molecule has 0 rings (SSSR count). The molecule has 0 aromatic heterocycles. The van der Waals surface area contributed by atoms with E-state index in [1.807, 2.05) is 0 Å². The molecule has 0 unspecified atom stereocenters. The van der Waals surface area contributed by atoms with E-state index in [0.29, 0.717) is 19.3 Å². The summed E-state index contributed by atoms with van der Waals surface area (Å²) < 4.78 is 23.7. The molecule has 0 aliphatic rings. The highest BCUT2D eigenvalue weighted by Crippen LogP contribution is 2.22. The topological polar surface area (TPSA) is 52.6 Å². The molecule has 0 amide bonds. The van der Waals surface area contributed by atoms with Crippen molar-refractivity contribution in [2.24, 2.45) is 0 Å². The maximum absolute atomic E-state index is 14.3. The molecule has 0 aromatic carbocycles. The van der Waals surface area contributed by atoms with Crippen LogP contribution in [0.2, 0.25) is 0 Å². The number of alkyl halides is 1. The highest BCUT2D eigenvalue weighted by Gasteiger charge is 2.49. The summed E-state index contributed by atoms with van der Waals surface area (Å²) in [5.74, 6) is -2.27. The van der Waals surface area contributed by atoms with Crippen molar-refractivity contribution in [1.82, 2.24) is 0 Å². The lowest BCUT2D eigenvalue weighted by Crippen LogP contribution is -2.45. The van der Waals surface area contributed by atoms with Crippen LogP contribution >= 0.6 is 0 Å². The van der Waals surface area contributed by atoms with Crippen LogP contribution in [-0.4, -0.2) is 30.8 Å². The van der Waals surface area contributed by atoms with E-state index in [0.717, 1.165) is 0 Å². The van der Waals surface area contributed by atoms with Gasteiger partial charge in [-0.25, -0.2) is 14.0 Å². The molecular weight excluding hydrogens is 227 g/mol. The number of hydrogen-bond acceptors (Lipinski definition) is 4. The Balaban J connectivity index is 4.63. The molecule has 0 N–H and O–H groups in total. The first-order chi connectivity index (χ1) is 8.02. The van der Waals surface area contributed by atoms with E-state index in [4.69, 9.17) is 9.47 Å². The summed E-state index contributed by atoms with van der Waals surface area (Å²) in [5.41, 5.74) is -2.65. The third kappa shape index (κ3) is 4.71. The van der Waals surface area contributed by atoms with Gasteiger partial charge in [0.25, 0.3) is 0 Å². The van der Waals surface area contributed by atoms with Crippen LogP contribution in [0.5, 0.6) is 0 Å². The van der Waals surface area contributed by atoms with E-state index in [-0.39, 0.29) is 19.6 Å². The minimum atomic E-state index is -2.65. The number of rotatable bonds is 8. The highest BCUT2D eigenvalue weighted by atomic mass is 19.1. The molecule has 0 saturated carbocycles. The first-order valence-electron chi connectivity index (χ1n) is 6.06. The van der Waals surface area contributed by atoms with Gasteiger partial charge in [-0.3, -0.25) is 0 Å². The third-order valence-electron chi connectivity index (χ3n) is 2.12. The van der Waals surface area contributed by atoms with E-state index in [1.54, 1.807) is 20.8 Å². The molecule has 0 fully saturated rings. The Hall–Kier alpha value is -1.13. The van der Waals surface area contributed by atoms with Crippen LogP contribution in [0.3, 0.4) is 0 Å². The van der Waals surface area contributed by atoms with Crippen LogP contribution in [0, 0.1) is 0 Å². The van der Waals surface area contributed by atoms with Crippen LogP contribution in [0.25, 0.3) is 0 Å². The first kappa shape index (κ1) is 15.9. The van der Waals surface area contributed by atoms with Crippen molar-refractivity contribution in [3.05, 3.63) is 0 Å². The molecule has 0 saturated heterocycles. The molecule has 0 spiro atoms. The average Bonchev–Trinajstić information content (AvgIpc) is 2.32. The van der Waals surface area contributed by atoms with Gasteiger partial charge in [0.1, 0.15) is 0 Å². The van der Waals surface area contributed by atoms with E-state index >= 15 is 0 Å². The number of carbonyl (C=O) groups is 2. The Morgan fingerprint density at radius 3 is 1.65 bits per heavy atom. The van der Waals surface area contributed by atoms with E-state index in [2.05, 4.69) is 0 Å². The molecule has 100 valence electrons. The minimum absolute atomic E-state index is 0.106. The van der Waals surface area contributed by atoms with Gasteiger partial charge in [-0.15, -0.1) is 0 Å². The number of ether oxygens (including phenoxy) is 2. The fraction of sp³-hybridized carbons (Fsp3) is 0.833. The normalized spacial score (nSPS) is 11.1. The Kier molecular flexibility index (Phi) is 7.50. The lowest BCUT2D eigenvalue weighted by Gasteiger charge is -2.20. The van der Waals surface area contributed by atoms with Gasteiger partial charge in [-0.05, 0) is 12.8 Å². The predicted octanol–water partition coefficient (Wildman–Crippen LogP) is 2.40. The molecule has 0 aromatic rings. The molecule has 0 radical (unpaired) electrons. The lowest BCUT2D eigenvalue weighted by atomic mass is 10.0. The van der Waals surface area contributed by atoms with Crippen LogP contribution in [0.15, 0.2) is 0 Å². The molecular formula is C12H21FO4. The summed E-state index contributed by atoms with van der Waals surface area (Å²) in [6, 6.07) is 0. The smallest absolute Gasteiger partial charge is 0.355 e. The van der Waals surface area contributed by atoms with E-state index < -0.39 is 17.6 Å². The van der Waals surface area contributed by atoms with Gasteiger partial charge >= 0.3 is 17.6 Å². The molecule has 5 heteroatoms. The second kappa shape index (κ2) is 8.03. The first-order valence-corrected chi connectivity index (χ1v) is 6.06. The van der Waals surface area contributed by atoms with Crippen molar-refractivity contribution < 1.29 is 23.5 Å². The maximum atomic E-state index is 14.3. The molecule has 0 atom stereocenters. The second-order valence-electron chi connectivity index (χ2n) is 3.82. The second-order valence-corrected chi connectivity index (χ2v) is 3.82. The quantitative estimate of drug-likeness (QED) is 0.489. The standard InChI is InChI=1S/C12H21FO4/c1-4-7-12(13,10(14)16-8-5-2)11(15)17-9-6-3/h4-9H2,1-3H3. The summed E-state index contributed by atoms with van der Waals surface area (Å²) >= 11 is 0. The zero-order valence-corrected chi connectivity index (χ0v) is 10.8. The van der Waals surface area contributed by atoms with Crippen molar-refractivity contribution in [3.8, 4) is 0 Å². The molecule has 0 bridgehead atoms. The Morgan fingerprint density at radius 2 is 1.35 bits per heavy atom. The van der Waals surface area contributed by atoms with E-state index in [9.17, 15) is 14.0 Å². The molecule has 0 heterocycles. The fourth-order valence-electron chi connectivity index (χ4n) is 1.25. The van der Waals surface area contributed by atoms with Gasteiger partial charge in [0.15, 0.2) is 0 Å². The zero-order chi connectivity index (χ0) is 13.3. The van der Waals surface area contributed by atoms with E-state index in [1.165, 1.54) is 0 Å². The Labute approximate surface area is 101 Å². The van der Waals surface area contributed by atoms with Crippen LogP contribution in [-0.2, 0) is 19.1 Å². The van der Waals surface area contributed by atoms with Crippen molar-refractivity contribution in [1.29, 1.82) is 0 Å². The molecule has 0 aliphatic heterocycles. The number of esters is 2. The number of halogens is 1. The van der Waals surface area contributed by atoms with Crippen LogP contribution in [0.1, 0.15) is 46.5 Å². The third-order valence-corrected chi connectivity index (χ3v) is 2.12. The monoisotopic (exact) mass is 248 g/mol. The van der Waals surface area contributed by atoms with Gasteiger partial charge in [-0.1, -0.05) is 27.2 Å². The van der Waals surface area contributed by atoms with Gasteiger partial charge in [0, 0.05) is 6.42 Å². The van der Waals surface area contributed by atoms with Gasteiger partial charge < -0.3 is 9.47 Å². The fourth-order valence-corrected chi connectivity index (χ4v) is 1.25. The summed E-state index contributed by atoms with van der Waals surface area (Å²) in [5, 5.41) is 0. The highest BCUT2D eigenvalue weighted by molar-refractivity contribution is 6.03. The van der Waals surface area contributed by atoms with Crippen molar-refractivity contribution in [2.75, 3.05) is 13.2 Å². The van der Waals surface area contributed by atoms with Gasteiger partial charge in [0.2, 0.25) is 0 Å².